The summed E-state index contributed by atoms with van der Waals surface area (Å²) in [6.07, 6.45) is 15.7. The summed E-state index contributed by atoms with van der Waals surface area (Å²) < 4.78 is 55.5. The van der Waals surface area contributed by atoms with Crippen molar-refractivity contribution < 1.29 is 36.6 Å². The molecule has 0 fully saturated rings. The fourth-order valence-electron chi connectivity index (χ4n) is 5.39. The van der Waals surface area contributed by atoms with E-state index in [0.717, 1.165) is 21.9 Å². The summed E-state index contributed by atoms with van der Waals surface area (Å²) in [5, 5.41) is 25.0. The summed E-state index contributed by atoms with van der Waals surface area (Å²) in [5.41, 5.74) is 2.28. The number of carboxylic acid groups (broad SMARTS) is 2. The predicted molar refractivity (Wildman–Crippen MR) is 235 cm³/mol. The molecule has 2 heterocycles. The minimum atomic E-state index is -3.56. The van der Waals surface area contributed by atoms with Crippen LogP contribution in [0.15, 0.2) is 168 Å². The molecular weight excluding hydrogens is 805 g/mol. The lowest BCUT2D eigenvalue weighted by Crippen LogP contribution is -2.32. The first kappa shape index (κ1) is 46.3. The summed E-state index contributed by atoms with van der Waals surface area (Å²) in [7, 11) is -7.12. The molecule has 0 amide bonds. The highest BCUT2D eigenvalue weighted by Crippen LogP contribution is 2.22. The van der Waals surface area contributed by atoms with Gasteiger partial charge in [-0.3, -0.25) is 9.97 Å². The van der Waals surface area contributed by atoms with Gasteiger partial charge < -0.3 is 20.8 Å². The number of aliphatic carboxylic acids is 2. The molecule has 0 aliphatic heterocycles. The van der Waals surface area contributed by atoms with Gasteiger partial charge in [0.15, 0.2) is 0 Å². The van der Waals surface area contributed by atoms with Gasteiger partial charge in [0.05, 0.1) is 9.79 Å². The molecule has 6 aromatic rings. The molecule has 0 aliphatic carbocycles. The number of nitrogens with zero attached hydrogens (tertiary/aromatic N) is 2. The molecule has 6 N–H and O–H groups in total. The second kappa shape index (κ2) is 24.5. The van der Waals surface area contributed by atoms with Crippen molar-refractivity contribution in [3.63, 3.8) is 0 Å². The Balaban J connectivity index is 0.000000224. The minimum Gasteiger partial charge on any atom is -0.478 e. The maximum absolute atomic E-state index is 12.5. The second-order valence-electron chi connectivity index (χ2n) is 12.5. The molecule has 60 heavy (non-hydrogen) atoms. The molecular formula is C44H46N6O8S2. The van der Waals surface area contributed by atoms with Crippen molar-refractivity contribution in [3.8, 4) is 0 Å². The summed E-state index contributed by atoms with van der Waals surface area (Å²) >= 11 is 0. The van der Waals surface area contributed by atoms with Crippen molar-refractivity contribution in [1.29, 1.82) is 0 Å². The van der Waals surface area contributed by atoms with E-state index in [2.05, 4.69) is 30.0 Å². The fraction of sp³-hybridized carbons (Fsp3) is 0.136. The van der Waals surface area contributed by atoms with E-state index >= 15 is 0 Å². The van der Waals surface area contributed by atoms with Crippen LogP contribution in [0.4, 0.5) is 0 Å². The zero-order valence-electron chi connectivity index (χ0n) is 32.5. The monoisotopic (exact) mass is 850 g/mol. The van der Waals surface area contributed by atoms with Gasteiger partial charge in [0.2, 0.25) is 20.0 Å². The first-order valence-electron chi connectivity index (χ1n) is 18.6. The van der Waals surface area contributed by atoms with Gasteiger partial charge in [-0.15, -0.1) is 0 Å². The van der Waals surface area contributed by atoms with Crippen molar-refractivity contribution in [1.82, 2.24) is 30.0 Å². The average molecular weight is 851 g/mol. The van der Waals surface area contributed by atoms with Crippen LogP contribution >= 0.6 is 0 Å². The molecule has 0 bridgehead atoms. The van der Waals surface area contributed by atoms with Crippen LogP contribution < -0.4 is 20.1 Å². The summed E-state index contributed by atoms with van der Waals surface area (Å²) in [5.74, 6) is -2.51. The smallest absolute Gasteiger partial charge is 0.328 e. The molecule has 0 radical (unpaired) electrons. The van der Waals surface area contributed by atoms with Crippen LogP contribution in [0.3, 0.4) is 0 Å². The molecule has 0 saturated heterocycles. The van der Waals surface area contributed by atoms with Crippen molar-refractivity contribution in [3.05, 3.63) is 169 Å². The molecule has 14 nitrogen and oxygen atoms in total. The normalized spacial score (nSPS) is 11.7. The number of carboxylic acids is 2. The molecule has 0 atom stereocenters. The zero-order valence-corrected chi connectivity index (χ0v) is 34.1. The number of hydrogen-bond acceptors (Lipinski definition) is 10. The predicted octanol–water partition coefficient (Wildman–Crippen LogP) is 5.34. The Kier molecular flexibility index (Phi) is 18.9. The first-order valence-corrected chi connectivity index (χ1v) is 21.6. The number of carbonyl (C=O) groups is 2. The van der Waals surface area contributed by atoms with E-state index in [1.165, 1.54) is 0 Å². The van der Waals surface area contributed by atoms with Crippen molar-refractivity contribution >= 4 is 65.7 Å². The number of hydrogen-bond donors (Lipinski definition) is 6. The van der Waals surface area contributed by atoms with Crippen LogP contribution in [0, 0.1) is 0 Å². The maximum atomic E-state index is 12.5. The number of fused-ring (bicyclic) bond motifs is 2. The van der Waals surface area contributed by atoms with E-state index in [1.807, 2.05) is 97.1 Å². The quantitative estimate of drug-likeness (QED) is 0.0477. The van der Waals surface area contributed by atoms with Crippen LogP contribution in [-0.2, 0) is 29.6 Å². The van der Waals surface area contributed by atoms with Gasteiger partial charge in [-0.2, -0.15) is 0 Å². The number of aromatic nitrogens is 2. The van der Waals surface area contributed by atoms with Gasteiger partial charge in [0.1, 0.15) is 0 Å². The minimum absolute atomic E-state index is 0.279. The summed E-state index contributed by atoms with van der Waals surface area (Å²) in [6.45, 7) is 3.09. The molecule has 0 aliphatic rings. The van der Waals surface area contributed by atoms with Crippen molar-refractivity contribution in [2.24, 2.45) is 0 Å². The standard InChI is InChI=1S/2C20H21N3O2S.C4H4O4/c2*24-26(25,20-10-4-9-18-16-22-13-11-19(18)20)23-15-14-21-12-5-8-17-6-2-1-3-7-17;5-3(6)1-2-4(7)8/h2*1-11,13,16,21,23H,12,14-15H2;1-2H,(H,5,6)(H,7,8)/b;;2-1+. The molecule has 4 aromatic carbocycles. The van der Waals surface area contributed by atoms with E-state index in [1.54, 1.807) is 61.2 Å². The van der Waals surface area contributed by atoms with E-state index in [4.69, 9.17) is 10.2 Å². The molecule has 2 aromatic heterocycles. The van der Waals surface area contributed by atoms with Crippen LogP contribution in [0.2, 0.25) is 0 Å². The van der Waals surface area contributed by atoms with Crippen LogP contribution in [0.25, 0.3) is 33.7 Å². The third-order valence-corrected chi connectivity index (χ3v) is 11.2. The Hall–Kier alpha value is -6.40. The van der Waals surface area contributed by atoms with Crippen molar-refractivity contribution in [2.45, 2.75) is 9.79 Å². The summed E-state index contributed by atoms with van der Waals surface area (Å²) in [4.78, 5) is 27.7. The SMILES string of the molecule is O=C(O)/C=C/C(=O)O.O=S(=O)(NCCNCC=Cc1ccccc1)c1cccc2cnccc12.O=S(=O)(NCCNCC=Cc1ccccc1)c1cccc2cnccc12. The van der Waals surface area contributed by atoms with E-state index < -0.39 is 32.0 Å². The first-order chi connectivity index (χ1) is 29.0. The summed E-state index contributed by atoms with van der Waals surface area (Å²) in [6, 6.07) is 33.9. The number of sulfonamides is 2. The zero-order chi connectivity index (χ0) is 43.1. The number of pyridine rings is 2. The lowest BCUT2D eigenvalue weighted by Gasteiger charge is -2.09. The maximum Gasteiger partial charge on any atom is 0.328 e. The van der Waals surface area contributed by atoms with Crippen molar-refractivity contribution in [2.75, 3.05) is 39.3 Å². The topological polar surface area (TPSA) is 217 Å². The van der Waals surface area contributed by atoms with Gasteiger partial charge in [-0.1, -0.05) is 109 Å². The van der Waals surface area contributed by atoms with E-state index in [0.29, 0.717) is 62.2 Å². The molecule has 0 spiro atoms. The largest absolute Gasteiger partial charge is 0.478 e. The van der Waals surface area contributed by atoms with Gasteiger partial charge in [-0.05, 0) is 35.4 Å². The Morgan fingerprint density at radius 3 is 1.30 bits per heavy atom. The molecule has 16 heteroatoms. The van der Waals surface area contributed by atoms with Crippen LogP contribution in [0.1, 0.15) is 11.1 Å². The third-order valence-electron chi connectivity index (χ3n) is 8.16. The third kappa shape index (κ3) is 16.1. The lowest BCUT2D eigenvalue weighted by molar-refractivity contribution is -0.134. The van der Waals surface area contributed by atoms with Crippen LogP contribution in [-0.4, -0.2) is 88.2 Å². The highest BCUT2D eigenvalue weighted by molar-refractivity contribution is 7.90. The molecule has 6 rings (SSSR count). The Labute approximate surface area is 349 Å². The molecule has 0 unspecified atom stereocenters. The highest BCUT2D eigenvalue weighted by atomic mass is 32.2. The Morgan fingerprint density at radius 1 is 0.517 bits per heavy atom. The molecule has 0 saturated carbocycles. The van der Waals surface area contributed by atoms with E-state index in [-0.39, 0.29) is 9.79 Å². The number of nitrogens with one attached hydrogen (secondary N) is 4. The van der Waals surface area contributed by atoms with Crippen LogP contribution in [0.5, 0.6) is 0 Å². The number of benzene rings is 4. The van der Waals surface area contributed by atoms with Gasteiger partial charge >= 0.3 is 11.9 Å². The molecule has 312 valence electrons. The average Bonchev–Trinajstić information content (AvgIpc) is 3.25. The lowest BCUT2D eigenvalue weighted by atomic mass is 10.2. The second-order valence-corrected chi connectivity index (χ2v) is 16.0. The number of rotatable bonds is 18. The Morgan fingerprint density at radius 2 is 0.917 bits per heavy atom. The van der Waals surface area contributed by atoms with E-state index in [9.17, 15) is 26.4 Å². The highest BCUT2D eigenvalue weighted by Gasteiger charge is 2.17. The van der Waals surface area contributed by atoms with Gasteiger partial charge in [0.25, 0.3) is 0 Å². The fourth-order valence-corrected chi connectivity index (χ4v) is 7.91. The van der Waals surface area contributed by atoms with Gasteiger partial charge in [-0.25, -0.2) is 35.9 Å². The van der Waals surface area contributed by atoms with Gasteiger partial charge in [0, 0.05) is 97.8 Å². The Bertz CT molecular complexity index is 2420.